The van der Waals surface area contributed by atoms with Crippen LogP contribution in [0.15, 0.2) is 83.9 Å². The quantitative estimate of drug-likeness (QED) is 0.369. The van der Waals surface area contributed by atoms with Crippen LogP contribution in [0, 0.1) is 0 Å². The minimum absolute atomic E-state index is 0.332. The van der Waals surface area contributed by atoms with Crippen LogP contribution in [0.3, 0.4) is 0 Å². The largest absolute Gasteiger partial charge is 0.242 e. The monoisotopic (exact) mass is 353 g/mol. The third-order valence-electron chi connectivity index (χ3n) is 4.36. The zero-order chi connectivity index (χ0) is 18.1. The topological polar surface area (TPSA) is 73.8 Å². The summed E-state index contributed by atoms with van der Waals surface area (Å²) in [6.45, 7) is 0.332. The Bertz CT molecular complexity index is 1250. The van der Waals surface area contributed by atoms with Crippen LogP contribution in [0.5, 0.6) is 0 Å². The summed E-state index contributed by atoms with van der Waals surface area (Å²) >= 11 is 0. The van der Waals surface area contributed by atoms with Gasteiger partial charge in [-0.1, -0.05) is 65.0 Å². The standard InChI is InChI=1S/C20H15N7/c1-2-8-15(9-3-1)20(27-19-13-7-5-11-17(19)23-25-27)21-14-26-18-12-6-4-10-16(18)22-24-26/h1-13H,14H2/b21-20+. The summed E-state index contributed by atoms with van der Waals surface area (Å²) in [6.07, 6.45) is 0. The fourth-order valence-corrected chi connectivity index (χ4v) is 3.05. The van der Waals surface area contributed by atoms with Gasteiger partial charge in [-0.2, -0.15) is 4.68 Å². The Labute approximate surface area is 154 Å². The minimum Gasteiger partial charge on any atom is -0.242 e. The van der Waals surface area contributed by atoms with E-state index >= 15 is 0 Å². The summed E-state index contributed by atoms with van der Waals surface area (Å²) in [5.41, 5.74) is 4.48. The van der Waals surface area contributed by atoms with Crippen LogP contribution >= 0.6 is 0 Å². The first-order chi connectivity index (χ1) is 13.4. The lowest BCUT2D eigenvalue weighted by Gasteiger charge is -2.08. The fourth-order valence-electron chi connectivity index (χ4n) is 3.05. The highest BCUT2D eigenvalue weighted by Gasteiger charge is 2.12. The molecule has 0 N–H and O–H groups in total. The zero-order valence-electron chi connectivity index (χ0n) is 14.3. The Morgan fingerprint density at radius 1 is 0.704 bits per heavy atom. The number of aliphatic imine (C=N–C) groups is 1. The summed E-state index contributed by atoms with van der Waals surface area (Å²) in [6, 6.07) is 25.6. The lowest BCUT2D eigenvalue weighted by atomic mass is 10.2. The number of para-hydroxylation sites is 2. The van der Waals surface area contributed by atoms with Crippen molar-refractivity contribution in [1.29, 1.82) is 0 Å². The maximum atomic E-state index is 4.82. The van der Waals surface area contributed by atoms with Crippen molar-refractivity contribution in [3.05, 3.63) is 84.4 Å². The first-order valence-electron chi connectivity index (χ1n) is 8.59. The Morgan fingerprint density at radius 2 is 1.33 bits per heavy atom. The molecule has 0 saturated heterocycles. The highest BCUT2D eigenvalue weighted by molar-refractivity contribution is 6.03. The molecule has 0 aliphatic rings. The highest BCUT2D eigenvalue weighted by Crippen LogP contribution is 2.14. The molecule has 7 heteroatoms. The van der Waals surface area contributed by atoms with Gasteiger partial charge in [-0.25, -0.2) is 9.67 Å². The summed E-state index contributed by atoms with van der Waals surface area (Å²) in [5, 5.41) is 17.0. The van der Waals surface area contributed by atoms with Gasteiger partial charge < -0.3 is 0 Å². The van der Waals surface area contributed by atoms with E-state index in [-0.39, 0.29) is 0 Å². The van der Waals surface area contributed by atoms with E-state index in [1.54, 1.807) is 9.36 Å². The van der Waals surface area contributed by atoms with E-state index in [1.807, 2.05) is 78.9 Å². The van der Waals surface area contributed by atoms with Gasteiger partial charge in [-0.3, -0.25) is 0 Å². The number of nitrogens with zero attached hydrogens (tertiary/aromatic N) is 7. The molecule has 0 saturated carbocycles. The molecular weight excluding hydrogens is 338 g/mol. The van der Waals surface area contributed by atoms with E-state index < -0.39 is 0 Å². The Kier molecular flexibility index (Phi) is 3.68. The van der Waals surface area contributed by atoms with Gasteiger partial charge in [0.05, 0.1) is 11.0 Å². The van der Waals surface area contributed by atoms with E-state index in [0.29, 0.717) is 12.5 Å². The molecule has 0 radical (unpaired) electrons. The average Bonchev–Trinajstić information content (AvgIpc) is 3.34. The molecule has 0 bridgehead atoms. The smallest absolute Gasteiger partial charge is 0.160 e. The van der Waals surface area contributed by atoms with Crippen molar-refractivity contribution in [3.8, 4) is 0 Å². The molecule has 0 spiro atoms. The summed E-state index contributed by atoms with van der Waals surface area (Å²) < 4.78 is 3.54. The van der Waals surface area contributed by atoms with Gasteiger partial charge in [-0.15, -0.1) is 10.2 Å². The summed E-state index contributed by atoms with van der Waals surface area (Å²) in [5.74, 6) is 0.712. The van der Waals surface area contributed by atoms with Crippen LogP contribution in [-0.2, 0) is 6.67 Å². The molecule has 0 aliphatic heterocycles. The minimum atomic E-state index is 0.332. The van der Waals surface area contributed by atoms with Gasteiger partial charge in [0, 0.05) is 5.56 Å². The van der Waals surface area contributed by atoms with Gasteiger partial charge in [-0.05, 0) is 24.3 Å². The van der Waals surface area contributed by atoms with Gasteiger partial charge in [0.2, 0.25) is 0 Å². The molecule has 0 amide bonds. The Balaban J connectivity index is 1.63. The zero-order valence-corrected chi connectivity index (χ0v) is 14.3. The normalized spacial score (nSPS) is 12.1. The summed E-state index contributed by atoms with van der Waals surface area (Å²) in [7, 11) is 0. The molecule has 27 heavy (non-hydrogen) atoms. The van der Waals surface area contributed by atoms with Gasteiger partial charge in [0.25, 0.3) is 0 Å². The second-order valence-electron chi connectivity index (χ2n) is 6.06. The van der Waals surface area contributed by atoms with Crippen molar-refractivity contribution in [3.63, 3.8) is 0 Å². The van der Waals surface area contributed by atoms with Gasteiger partial charge in [0.1, 0.15) is 17.7 Å². The van der Waals surface area contributed by atoms with E-state index in [1.165, 1.54) is 0 Å². The van der Waals surface area contributed by atoms with Crippen molar-refractivity contribution in [2.45, 2.75) is 6.67 Å². The molecule has 2 aromatic heterocycles. The number of aromatic nitrogens is 6. The molecular formula is C20H15N7. The van der Waals surface area contributed by atoms with Crippen LogP contribution < -0.4 is 0 Å². The number of hydrogen-bond donors (Lipinski definition) is 0. The van der Waals surface area contributed by atoms with Crippen LogP contribution in [0.1, 0.15) is 5.56 Å². The van der Waals surface area contributed by atoms with Gasteiger partial charge in [0.15, 0.2) is 5.84 Å². The van der Waals surface area contributed by atoms with Crippen molar-refractivity contribution in [2.24, 2.45) is 4.99 Å². The molecule has 7 nitrogen and oxygen atoms in total. The Hall–Kier alpha value is -3.87. The molecule has 130 valence electrons. The van der Waals surface area contributed by atoms with E-state index in [0.717, 1.165) is 27.6 Å². The van der Waals surface area contributed by atoms with E-state index in [2.05, 4.69) is 20.6 Å². The van der Waals surface area contributed by atoms with E-state index in [9.17, 15) is 0 Å². The van der Waals surface area contributed by atoms with Crippen molar-refractivity contribution in [1.82, 2.24) is 30.0 Å². The molecule has 0 aliphatic carbocycles. The van der Waals surface area contributed by atoms with Crippen LogP contribution in [0.4, 0.5) is 0 Å². The predicted molar refractivity (Wildman–Crippen MR) is 103 cm³/mol. The van der Waals surface area contributed by atoms with Crippen LogP contribution in [0.25, 0.3) is 22.1 Å². The second kappa shape index (κ2) is 6.45. The second-order valence-corrected chi connectivity index (χ2v) is 6.06. The molecule has 0 fully saturated rings. The Morgan fingerprint density at radius 3 is 2.15 bits per heavy atom. The first kappa shape index (κ1) is 15.4. The molecule has 2 heterocycles. The summed E-state index contributed by atoms with van der Waals surface area (Å²) in [4.78, 5) is 4.82. The third-order valence-corrected chi connectivity index (χ3v) is 4.36. The van der Waals surface area contributed by atoms with Gasteiger partial charge >= 0.3 is 0 Å². The highest BCUT2D eigenvalue weighted by atomic mass is 15.5. The molecule has 0 unspecified atom stereocenters. The maximum absolute atomic E-state index is 4.82. The third kappa shape index (κ3) is 2.75. The lowest BCUT2D eigenvalue weighted by Crippen LogP contribution is -2.17. The fraction of sp³-hybridized carbons (Fsp3) is 0.0500. The number of hydrogen-bond acceptors (Lipinski definition) is 5. The van der Waals surface area contributed by atoms with Crippen molar-refractivity contribution < 1.29 is 0 Å². The van der Waals surface area contributed by atoms with Crippen molar-refractivity contribution >= 4 is 27.9 Å². The van der Waals surface area contributed by atoms with Crippen LogP contribution in [-0.4, -0.2) is 35.8 Å². The van der Waals surface area contributed by atoms with Crippen LogP contribution in [0.2, 0.25) is 0 Å². The SMILES string of the molecule is c1ccc(/C(=N\Cn2nnc3ccccc32)n2nnc3ccccc32)cc1. The first-order valence-corrected chi connectivity index (χ1v) is 8.59. The number of fused-ring (bicyclic) bond motifs is 2. The molecule has 5 rings (SSSR count). The van der Waals surface area contributed by atoms with E-state index in [4.69, 9.17) is 4.99 Å². The number of benzene rings is 3. The predicted octanol–water partition coefficient (Wildman–Crippen LogP) is 3.13. The van der Waals surface area contributed by atoms with Crippen molar-refractivity contribution in [2.75, 3.05) is 0 Å². The molecule has 3 aromatic carbocycles. The molecule has 0 atom stereocenters. The number of rotatable bonds is 3. The average molecular weight is 353 g/mol. The molecule has 5 aromatic rings. The maximum Gasteiger partial charge on any atom is 0.160 e. The lowest BCUT2D eigenvalue weighted by molar-refractivity contribution is 0.626.